The van der Waals surface area contributed by atoms with Gasteiger partial charge in [0.2, 0.25) is 11.8 Å². The van der Waals surface area contributed by atoms with Gasteiger partial charge in [0.25, 0.3) is 10.0 Å². The van der Waals surface area contributed by atoms with Crippen LogP contribution >= 0.6 is 0 Å². The number of sulfonamides is 1. The van der Waals surface area contributed by atoms with E-state index in [1.54, 1.807) is 50.2 Å². The fourth-order valence-electron chi connectivity index (χ4n) is 3.91. The van der Waals surface area contributed by atoms with Crippen LogP contribution in [0.2, 0.25) is 0 Å². The normalized spacial score (nSPS) is 11.9. The third-order valence-corrected chi connectivity index (χ3v) is 7.70. The van der Waals surface area contributed by atoms with E-state index in [1.807, 2.05) is 37.3 Å². The molecule has 0 fully saturated rings. The predicted molar refractivity (Wildman–Crippen MR) is 144 cm³/mol. The van der Waals surface area contributed by atoms with E-state index in [-0.39, 0.29) is 23.0 Å². The number of methoxy groups -OCH3 is 1. The molecule has 0 heterocycles. The summed E-state index contributed by atoms with van der Waals surface area (Å²) in [6, 6.07) is 21.5. The molecule has 0 spiro atoms. The standard InChI is InChI=1S/C28H33N3O5S/c1-5-29-28(33)22(3)30(19-23-12-8-6-9-13-23)27(32)20-31(25-18-21(2)16-17-26(25)36-4)37(34,35)24-14-10-7-11-15-24/h6-18,22H,5,19-20H2,1-4H3,(H,29,33)/t22-/m1/s1. The van der Waals surface area contributed by atoms with Crippen molar-refractivity contribution in [2.24, 2.45) is 0 Å². The van der Waals surface area contributed by atoms with Crippen LogP contribution < -0.4 is 14.4 Å². The summed E-state index contributed by atoms with van der Waals surface area (Å²) in [5, 5.41) is 2.75. The number of nitrogens with one attached hydrogen (secondary N) is 1. The number of amides is 2. The molecule has 0 radical (unpaired) electrons. The molecule has 0 aliphatic carbocycles. The minimum atomic E-state index is -4.16. The number of benzene rings is 3. The van der Waals surface area contributed by atoms with Gasteiger partial charge < -0.3 is 15.0 Å². The zero-order valence-corrected chi connectivity index (χ0v) is 22.4. The van der Waals surface area contributed by atoms with E-state index in [1.165, 1.54) is 24.1 Å². The van der Waals surface area contributed by atoms with Gasteiger partial charge in [0.1, 0.15) is 18.3 Å². The number of rotatable bonds is 11. The highest BCUT2D eigenvalue weighted by Gasteiger charge is 2.33. The molecule has 8 nitrogen and oxygen atoms in total. The van der Waals surface area contributed by atoms with Crippen molar-refractivity contribution in [3.8, 4) is 5.75 Å². The molecule has 9 heteroatoms. The smallest absolute Gasteiger partial charge is 0.264 e. The first-order chi connectivity index (χ1) is 17.7. The summed E-state index contributed by atoms with van der Waals surface area (Å²) < 4.78 is 34.2. The second-order valence-electron chi connectivity index (χ2n) is 8.58. The van der Waals surface area contributed by atoms with Crippen LogP contribution in [0.3, 0.4) is 0 Å². The SMILES string of the molecule is CCNC(=O)[C@@H](C)N(Cc1ccccc1)C(=O)CN(c1cc(C)ccc1OC)S(=O)(=O)c1ccccc1. The molecule has 0 saturated heterocycles. The lowest BCUT2D eigenvalue weighted by Gasteiger charge is -2.32. The van der Waals surface area contributed by atoms with Crippen LogP contribution in [-0.2, 0) is 26.2 Å². The van der Waals surface area contributed by atoms with Gasteiger partial charge in [0, 0.05) is 13.1 Å². The van der Waals surface area contributed by atoms with E-state index in [2.05, 4.69) is 5.32 Å². The monoisotopic (exact) mass is 523 g/mol. The van der Waals surface area contributed by atoms with Gasteiger partial charge >= 0.3 is 0 Å². The van der Waals surface area contributed by atoms with Gasteiger partial charge in [-0.25, -0.2) is 8.42 Å². The van der Waals surface area contributed by atoms with Crippen LogP contribution in [0, 0.1) is 6.92 Å². The molecule has 3 rings (SSSR count). The second-order valence-corrected chi connectivity index (χ2v) is 10.4. The van der Waals surface area contributed by atoms with Crippen molar-refractivity contribution in [3.63, 3.8) is 0 Å². The Morgan fingerprint density at radius 1 is 0.973 bits per heavy atom. The molecule has 196 valence electrons. The minimum absolute atomic E-state index is 0.0396. The average Bonchev–Trinajstić information content (AvgIpc) is 2.91. The number of aryl methyl sites for hydroxylation is 1. The predicted octanol–water partition coefficient (Wildman–Crippen LogP) is 3.75. The Bertz CT molecular complexity index is 1310. The topological polar surface area (TPSA) is 96.0 Å². The number of carbonyl (C=O) groups excluding carboxylic acids is 2. The van der Waals surface area contributed by atoms with Gasteiger partial charge in [-0.1, -0.05) is 54.6 Å². The number of hydrogen-bond donors (Lipinski definition) is 1. The van der Waals surface area contributed by atoms with Gasteiger partial charge in [0.05, 0.1) is 17.7 Å². The molecular weight excluding hydrogens is 490 g/mol. The fourth-order valence-corrected chi connectivity index (χ4v) is 5.35. The third-order valence-electron chi connectivity index (χ3n) is 5.93. The van der Waals surface area contributed by atoms with E-state index in [0.717, 1.165) is 15.4 Å². The highest BCUT2D eigenvalue weighted by molar-refractivity contribution is 7.92. The quantitative estimate of drug-likeness (QED) is 0.413. The molecule has 0 unspecified atom stereocenters. The summed E-state index contributed by atoms with van der Waals surface area (Å²) >= 11 is 0. The van der Waals surface area contributed by atoms with Crippen LogP contribution in [0.4, 0.5) is 5.69 Å². The van der Waals surface area contributed by atoms with E-state index in [0.29, 0.717) is 12.3 Å². The number of hydrogen-bond acceptors (Lipinski definition) is 5. The van der Waals surface area contributed by atoms with Gasteiger partial charge in [-0.05, 0) is 56.2 Å². The summed E-state index contributed by atoms with van der Waals surface area (Å²) in [5.74, 6) is -0.535. The molecule has 0 bridgehead atoms. The molecule has 1 N–H and O–H groups in total. The maximum atomic E-state index is 13.9. The Morgan fingerprint density at radius 2 is 1.59 bits per heavy atom. The van der Waals surface area contributed by atoms with Crippen LogP contribution in [0.5, 0.6) is 5.75 Å². The number of nitrogens with zero attached hydrogens (tertiary/aromatic N) is 2. The lowest BCUT2D eigenvalue weighted by atomic mass is 10.1. The first kappa shape index (κ1) is 27.7. The van der Waals surface area contributed by atoms with Gasteiger partial charge in [-0.2, -0.15) is 0 Å². The molecule has 0 aliphatic rings. The van der Waals surface area contributed by atoms with Gasteiger partial charge in [-0.15, -0.1) is 0 Å². The lowest BCUT2D eigenvalue weighted by molar-refractivity contribution is -0.139. The Balaban J connectivity index is 2.08. The number of anilines is 1. The van der Waals surface area contributed by atoms with Crippen molar-refractivity contribution in [2.45, 2.75) is 38.3 Å². The molecule has 0 saturated carbocycles. The van der Waals surface area contributed by atoms with Crippen molar-refractivity contribution in [3.05, 3.63) is 90.0 Å². The molecule has 0 aliphatic heterocycles. The van der Waals surface area contributed by atoms with Crippen molar-refractivity contribution in [2.75, 3.05) is 24.5 Å². The van der Waals surface area contributed by atoms with Crippen molar-refractivity contribution >= 4 is 27.5 Å². The first-order valence-corrected chi connectivity index (χ1v) is 13.5. The molecule has 1 atom stereocenters. The van der Waals surface area contributed by atoms with Crippen LogP contribution in [-0.4, -0.2) is 51.4 Å². The maximum absolute atomic E-state index is 13.9. The Hall–Kier alpha value is -3.85. The molecule has 3 aromatic rings. The Morgan fingerprint density at radius 3 is 2.19 bits per heavy atom. The molecule has 2 amide bonds. The van der Waals surface area contributed by atoms with Crippen molar-refractivity contribution in [1.82, 2.24) is 10.2 Å². The fraction of sp³-hybridized carbons (Fsp3) is 0.286. The minimum Gasteiger partial charge on any atom is -0.495 e. The zero-order chi connectivity index (χ0) is 27.0. The summed E-state index contributed by atoms with van der Waals surface area (Å²) in [6.07, 6.45) is 0. The summed E-state index contributed by atoms with van der Waals surface area (Å²) in [4.78, 5) is 28.0. The number of likely N-dealkylation sites (N-methyl/N-ethyl adjacent to an activating group) is 1. The second kappa shape index (κ2) is 12.4. The van der Waals surface area contributed by atoms with Gasteiger partial charge in [-0.3, -0.25) is 13.9 Å². The van der Waals surface area contributed by atoms with Crippen LogP contribution in [0.15, 0.2) is 83.8 Å². The molecular formula is C28H33N3O5S. The number of carbonyl (C=O) groups is 2. The zero-order valence-electron chi connectivity index (χ0n) is 21.5. The highest BCUT2D eigenvalue weighted by atomic mass is 32.2. The molecule has 37 heavy (non-hydrogen) atoms. The third kappa shape index (κ3) is 6.68. The van der Waals surface area contributed by atoms with Crippen molar-refractivity contribution in [1.29, 1.82) is 0 Å². The Kier molecular flexibility index (Phi) is 9.30. The lowest BCUT2D eigenvalue weighted by Crippen LogP contribution is -2.51. The highest BCUT2D eigenvalue weighted by Crippen LogP contribution is 2.33. The van der Waals surface area contributed by atoms with E-state index < -0.39 is 28.5 Å². The van der Waals surface area contributed by atoms with Crippen molar-refractivity contribution < 1.29 is 22.7 Å². The van der Waals surface area contributed by atoms with E-state index >= 15 is 0 Å². The van der Waals surface area contributed by atoms with Crippen LogP contribution in [0.25, 0.3) is 0 Å². The maximum Gasteiger partial charge on any atom is 0.264 e. The van der Waals surface area contributed by atoms with Crippen LogP contribution in [0.1, 0.15) is 25.0 Å². The first-order valence-electron chi connectivity index (χ1n) is 12.0. The van der Waals surface area contributed by atoms with E-state index in [9.17, 15) is 18.0 Å². The summed E-state index contributed by atoms with van der Waals surface area (Å²) in [7, 11) is -2.71. The summed E-state index contributed by atoms with van der Waals surface area (Å²) in [5.41, 5.74) is 1.86. The molecule has 0 aromatic heterocycles. The average molecular weight is 524 g/mol. The van der Waals surface area contributed by atoms with Gasteiger partial charge in [0.15, 0.2) is 0 Å². The number of ether oxygens (including phenoxy) is 1. The Labute approximate surface area is 218 Å². The summed E-state index contributed by atoms with van der Waals surface area (Å²) in [6.45, 7) is 5.29. The molecule has 3 aromatic carbocycles. The van der Waals surface area contributed by atoms with E-state index in [4.69, 9.17) is 4.74 Å². The largest absolute Gasteiger partial charge is 0.495 e.